The Morgan fingerprint density at radius 2 is 1.95 bits per heavy atom. The number of carbonyl (C=O) groups is 1. The number of benzene rings is 1. The highest BCUT2D eigenvalue weighted by Gasteiger charge is 2.48. The van der Waals surface area contributed by atoms with Crippen LogP contribution in [0.3, 0.4) is 0 Å². The summed E-state index contributed by atoms with van der Waals surface area (Å²) in [5.74, 6) is 0.365. The minimum absolute atomic E-state index is 0.187. The predicted molar refractivity (Wildman–Crippen MR) is 78.9 cm³/mol. The van der Waals surface area contributed by atoms with Crippen LogP contribution >= 0.6 is 35.1 Å². The molecule has 0 aromatic heterocycles. The lowest BCUT2D eigenvalue weighted by molar-refractivity contribution is 0.235. The zero-order valence-corrected chi connectivity index (χ0v) is 12.6. The zero-order chi connectivity index (χ0) is 14.3. The number of nitrogens with zero attached hydrogens (tertiary/aromatic N) is 2. The van der Waals surface area contributed by atoms with Gasteiger partial charge in [0.15, 0.2) is 0 Å². The molecule has 2 aliphatic rings. The van der Waals surface area contributed by atoms with Gasteiger partial charge in [-0.15, -0.1) is 0 Å². The van der Waals surface area contributed by atoms with Gasteiger partial charge in [-0.25, -0.2) is 4.79 Å². The predicted octanol–water partition coefficient (Wildman–Crippen LogP) is 3.88. The lowest BCUT2D eigenvalue weighted by atomic mass is 10.2. The molecule has 1 aliphatic heterocycles. The van der Waals surface area contributed by atoms with Crippen LogP contribution in [0.1, 0.15) is 12.8 Å². The van der Waals surface area contributed by atoms with E-state index in [2.05, 4.69) is 5.43 Å². The summed E-state index contributed by atoms with van der Waals surface area (Å²) in [6, 6.07) is 8.89. The van der Waals surface area contributed by atoms with Gasteiger partial charge in [-0.05, 0) is 30.9 Å². The molecule has 1 aromatic carbocycles. The average Bonchev–Trinajstić information content (AvgIpc) is 3.16. The molecule has 1 heterocycles. The highest BCUT2D eigenvalue weighted by molar-refractivity contribution is 8.01. The number of halogens is 3. The van der Waals surface area contributed by atoms with Crippen LogP contribution in [0.25, 0.3) is 0 Å². The molecule has 108 valence electrons. The maximum Gasteiger partial charge on any atom is 0.350 e. The van der Waals surface area contributed by atoms with E-state index in [1.54, 1.807) is 4.90 Å². The van der Waals surface area contributed by atoms with E-state index in [0.29, 0.717) is 17.9 Å². The molecule has 2 amide bonds. The molecular formula is C12H12Cl2FN3OS. The van der Waals surface area contributed by atoms with Gasteiger partial charge in [-0.2, -0.15) is 14.2 Å². The normalized spacial score (nSPS) is 23.6. The Bertz CT molecular complexity index is 509. The van der Waals surface area contributed by atoms with Crippen LogP contribution in [-0.4, -0.2) is 20.5 Å². The van der Waals surface area contributed by atoms with E-state index in [9.17, 15) is 9.18 Å². The van der Waals surface area contributed by atoms with Crippen LogP contribution in [0.4, 0.5) is 14.9 Å². The van der Waals surface area contributed by atoms with E-state index in [4.69, 9.17) is 23.2 Å². The number of hydrazine groups is 1. The van der Waals surface area contributed by atoms with Gasteiger partial charge >= 0.3 is 9.95 Å². The molecule has 0 bridgehead atoms. The number of hydrogen-bond donors (Lipinski definition) is 1. The third kappa shape index (κ3) is 2.98. The lowest BCUT2D eigenvalue weighted by Crippen LogP contribution is -2.39. The van der Waals surface area contributed by atoms with Crippen LogP contribution in [0.15, 0.2) is 30.3 Å². The fraction of sp³-hybridized carbons (Fsp3) is 0.417. The molecule has 1 unspecified atom stereocenters. The van der Waals surface area contributed by atoms with E-state index in [1.807, 2.05) is 30.3 Å². The monoisotopic (exact) mass is 335 g/mol. The molecule has 0 spiro atoms. The van der Waals surface area contributed by atoms with E-state index < -0.39 is 3.92 Å². The Morgan fingerprint density at radius 3 is 2.50 bits per heavy atom. The van der Waals surface area contributed by atoms with Gasteiger partial charge in [0.2, 0.25) is 0 Å². The highest BCUT2D eigenvalue weighted by Crippen LogP contribution is 2.44. The van der Waals surface area contributed by atoms with Crippen molar-refractivity contribution in [1.29, 1.82) is 0 Å². The van der Waals surface area contributed by atoms with Crippen molar-refractivity contribution < 1.29 is 9.18 Å². The summed E-state index contributed by atoms with van der Waals surface area (Å²) in [5, 5.41) is 0. The number of anilines is 1. The number of rotatable bonds is 4. The first-order chi connectivity index (χ1) is 9.46. The van der Waals surface area contributed by atoms with Gasteiger partial charge in [0.1, 0.15) is 6.17 Å². The molecule has 4 nitrogen and oxygen atoms in total. The Morgan fingerprint density at radius 1 is 1.30 bits per heavy atom. The van der Waals surface area contributed by atoms with Crippen molar-refractivity contribution in [3.63, 3.8) is 0 Å². The Labute approximate surface area is 130 Å². The van der Waals surface area contributed by atoms with Gasteiger partial charge in [-0.1, -0.05) is 41.4 Å². The molecular weight excluding hydrogens is 324 g/mol. The standard InChI is InChI=1S/C12H12Cl2FN3OS/c13-12(14,15)20-18-11(19)17(9-4-2-1-3-5-9)10(16-18)8-6-7-8/h1-5,8,10,16H,6-7H2. The highest BCUT2D eigenvalue weighted by atomic mass is 35.5. The van der Waals surface area contributed by atoms with E-state index in [0.717, 1.165) is 22.9 Å². The fourth-order valence-electron chi connectivity index (χ4n) is 2.21. The van der Waals surface area contributed by atoms with Crippen molar-refractivity contribution in [3.8, 4) is 0 Å². The first kappa shape index (κ1) is 14.3. The average molecular weight is 336 g/mol. The SMILES string of the molecule is O=C1N(SC(F)(Cl)Cl)NC(C2CC2)N1c1ccccc1. The second kappa shape index (κ2) is 5.26. The summed E-state index contributed by atoms with van der Waals surface area (Å²) in [6.07, 6.45) is 1.89. The Hall–Kier alpha value is -0.690. The number of urea groups is 1. The van der Waals surface area contributed by atoms with Crippen LogP contribution < -0.4 is 10.3 Å². The molecule has 1 saturated carbocycles. The number of alkyl halides is 3. The Balaban J connectivity index is 1.85. The summed E-state index contributed by atoms with van der Waals surface area (Å²) in [7, 11) is 0. The molecule has 1 atom stereocenters. The third-order valence-electron chi connectivity index (χ3n) is 3.21. The van der Waals surface area contributed by atoms with Crippen molar-refractivity contribution in [2.45, 2.75) is 22.9 Å². The summed E-state index contributed by atoms with van der Waals surface area (Å²) in [6.45, 7) is 0. The van der Waals surface area contributed by atoms with Gasteiger partial charge in [0.25, 0.3) is 0 Å². The van der Waals surface area contributed by atoms with E-state index >= 15 is 0 Å². The van der Waals surface area contributed by atoms with Crippen molar-refractivity contribution in [1.82, 2.24) is 9.84 Å². The molecule has 8 heteroatoms. The number of para-hydroxylation sites is 1. The topological polar surface area (TPSA) is 35.6 Å². The number of nitrogens with one attached hydrogen (secondary N) is 1. The van der Waals surface area contributed by atoms with Crippen molar-refractivity contribution in [2.24, 2.45) is 5.92 Å². The molecule has 2 fully saturated rings. The molecule has 3 rings (SSSR count). The minimum atomic E-state index is -2.55. The zero-order valence-electron chi connectivity index (χ0n) is 10.3. The smallest absolute Gasteiger partial charge is 0.275 e. The van der Waals surface area contributed by atoms with Gasteiger partial charge < -0.3 is 0 Å². The van der Waals surface area contributed by atoms with Crippen LogP contribution in [-0.2, 0) is 0 Å². The number of carbonyl (C=O) groups excluding carboxylic acids is 1. The summed E-state index contributed by atoms with van der Waals surface area (Å²) in [4.78, 5) is 14.0. The van der Waals surface area contributed by atoms with Gasteiger partial charge in [0, 0.05) is 17.6 Å². The quantitative estimate of drug-likeness (QED) is 0.670. The Kier molecular flexibility index (Phi) is 3.75. The summed E-state index contributed by atoms with van der Waals surface area (Å²) >= 11 is 11.1. The van der Waals surface area contributed by atoms with Crippen molar-refractivity contribution in [2.75, 3.05) is 4.90 Å². The molecule has 1 aromatic rings. The first-order valence-electron chi connectivity index (χ1n) is 6.16. The maximum atomic E-state index is 13.3. The molecule has 0 radical (unpaired) electrons. The van der Waals surface area contributed by atoms with Crippen LogP contribution in [0.2, 0.25) is 0 Å². The third-order valence-corrected chi connectivity index (χ3v) is 4.27. The number of hydrogen-bond acceptors (Lipinski definition) is 3. The van der Waals surface area contributed by atoms with Gasteiger partial charge in [0.05, 0.1) is 0 Å². The maximum absolute atomic E-state index is 13.3. The van der Waals surface area contributed by atoms with Crippen molar-refractivity contribution in [3.05, 3.63) is 30.3 Å². The molecule has 20 heavy (non-hydrogen) atoms. The summed E-state index contributed by atoms with van der Waals surface area (Å²) < 4.78 is 11.8. The molecule has 1 saturated heterocycles. The minimum Gasteiger partial charge on any atom is -0.275 e. The van der Waals surface area contributed by atoms with Gasteiger partial charge in [-0.3, -0.25) is 4.90 Å². The second-order valence-corrected chi connectivity index (χ2v) is 7.52. The first-order valence-corrected chi connectivity index (χ1v) is 7.69. The fourth-order valence-corrected chi connectivity index (χ4v) is 3.15. The molecule has 1 N–H and O–H groups in total. The second-order valence-electron chi connectivity index (χ2n) is 4.73. The van der Waals surface area contributed by atoms with Crippen molar-refractivity contribution >= 4 is 46.9 Å². The van der Waals surface area contributed by atoms with E-state index in [1.165, 1.54) is 0 Å². The van der Waals surface area contributed by atoms with Crippen LogP contribution in [0, 0.1) is 5.92 Å². The lowest BCUT2D eigenvalue weighted by Gasteiger charge is -2.21. The summed E-state index contributed by atoms with van der Waals surface area (Å²) in [5.41, 5.74) is 3.73. The molecule has 1 aliphatic carbocycles. The largest absolute Gasteiger partial charge is 0.350 e. The van der Waals surface area contributed by atoms with E-state index in [-0.39, 0.29) is 12.2 Å². The van der Waals surface area contributed by atoms with Crippen LogP contribution in [0.5, 0.6) is 0 Å². The number of amides is 2.